The zero-order valence-corrected chi connectivity index (χ0v) is 11.0. The second-order valence-electron chi connectivity index (χ2n) is 3.51. The molecule has 2 rings (SSSR count). The van der Waals surface area contributed by atoms with E-state index >= 15 is 0 Å². The standard InChI is InChI=1S/C10H9BrN4O3/c1-6-13-10(18-14-6)5-12-8-3-2-7(11)4-9(8)15(16)17/h2-4,12H,5H2,1H3. The number of aromatic nitrogens is 2. The summed E-state index contributed by atoms with van der Waals surface area (Å²) in [5.74, 6) is 0.904. The lowest BCUT2D eigenvalue weighted by atomic mass is 10.2. The maximum absolute atomic E-state index is 10.9. The number of hydrogen-bond acceptors (Lipinski definition) is 6. The average Bonchev–Trinajstić information content (AvgIpc) is 2.73. The summed E-state index contributed by atoms with van der Waals surface area (Å²) < 4.78 is 5.55. The van der Waals surface area contributed by atoms with Crippen LogP contribution in [-0.4, -0.2) is 15.1 Å². The van der Waals surface area contributed by atoms with Crippen LogP contribution in [0, 0.1) is 17.0 Å². The van der Waals surface area contributed by atoms with Gasteiger partial charge in [0, 0.05) is 10.5 Å². The maximum Gasteiger partial charge on any atom is 0.293 e. The summed E-state index contributed by atoms with van der Waals surface area (Å²) in [6.45, 7) is 1.94. The van der Waals surface area contributed by atoms with E-state index in [2.05, 4.69) is 31.4 Å². The van der Waals surface area contributed by atoms with Gasteiger partial charge in [-0.1, -0.05) is 21.1 Å². The number of benzene rings is 1. The van der Waals surface area contributed by atoms with Crippen molar-refractivity contribution in [2.24, 2.45) is 0 Å². The lowest BCUT2D eigenvalue weighted by Crippen LogP contribution is -2.03. The van der Waals surface area contributed by atoms with Gasteiger partial charge in [0.15, 0.2) is 5.82 Å². The molecule has 0 amide bonds. The van der Waals surface area contributed by atoms with Crippen molar-refractivity contribution in [3.05, 3.63) is 44.5 Å². The molecule has 0 bridgehead atoms. The van der Waals surface area contributed by atoms with Gasteiger partial charge in [-0.05, 0) is 19.1 Å². The SMILES string of the molecule is Cc1noc(CNc2ccc(Br)cc2[N+](=O)[O-])n1. The molecule has 1 N–H and O–H groups in total. The number of aryl methyl sites for hydroxylation is 1. The highest BCUT2D eigenvalue weighted by Gasteiger charge is 2.14. The smallest absolute Gasteiger partial charge is 0.293 e. The number of hydrogen-bond donors (Lipinski definition) is 1. The molecular weight excluding hydrogens is 304 g/mol. The molecule has 94 valence electrons. The molecule has 0 aliphatic heterocycles. The van der Waals surface area contributed by atoms with Crippen LogP contribution in [0.1, 0.15) is 11.7 Å². The summed E-state index contributed by atoms with van der Waals surface area (Å²) in [7, 11) is 0. The van der Waals surface area contributed by atoms with Gasteiger partial charge in [-0.3, -0.25) is 10.1 Å². The van der Waals surface area contributed by atoms with Gasteiger partial charge in [-0.2, -0.15) is 4.98 Å². The number of nitrogens with zero attached hydrogens (tertiary/aromatic N) is 3. The Labute approximate surface area is 110 Å². The normalized spacial score (nSPS) is 10.3. The average molecular weight is 313 g/mol. The molecule has 7 nitrogen and oxygen atoms in total. The third kappa shape index (κ3) is 2.83. The number of nitrogens with one attached hydrogen (secondary N) is 1. The van der Waals surface area contributed by atoms with Gasteiger partial charge in [-0.25, -0.2) is 0 Å². The molecule has 0 spiro atoms. The number of halogens is 1. The highest BCUT2D eigenvalue weighted by atomic mass is 79.9. The van der Waals surface area contributed by atoms with Crippen LogP contribution in [0.4, 0.5) is 11.4 Å². The van der Waals surface area contributed by atoms with Crippen molar-refractivity contribution in [1.29, 1.82) is 0 Å². The Morgan fingerprint density at radius 3 is 2.94 bits per heavy atom. The van der Waals surface area contributed by atoms with Gasteiger partial charge in [0.1, 0.15) is 5.69 Å². The molecule has 0 fully saturated rings. The molecule has 2 aromatic rings. The second-order valence-corrected chi connectivity index (χ2v) is 4.42. The summed E-state index contributed by atoms with van der Waals surface area (Å²) in [4.78, 5) is 14.4. The molecule has 1 aromatic heterocycles. The van der Waals surface area contributed by atoms with Crippen molar-refractivity contribution < 1.29 is 9.45 Å². The fraction of sp³-hybridized carbons (Fsp3) is 0.200. The van der Waals surface area contributed by atoms with Crippen LogP contribution in [0.5, 0.6) is 0 Å². The van der Waals surface area contributed by atoms with E-state index in [1.807, 2.05) is 0 Å². The number of nitro groups is 1. The Balaban J connectivity index is 2.16. The summed E-state index contributed by atoms with van der Waals surface area (Å²) in [6.07, 6.45) is 0. The fourth-order valence-electron chi connectivity index (χ4n) is 1.39. The molecule has 1 heterocycles. The molecule has 0 atom stereocenters. The first kappa shape index (κ1) is 12.5. The van der Waals surface area contributed by atoms with Crippen LogP contribution >= 0.6 is 15.9 Å². The highest BCUT2D eigenvalue weighted by molar-refractivity contribution is 9.10. The zero-order valence-electron chi connectivity index (χ0n) is 9.38. The Morgan fingerprint density at radius 2 is 2.33 bits per heavy atom. The molecule has 0 aliphatic rings. The maximum atomic E-state index is 10.9. The molecular formula is C10H9BrN4O3. The molecule has 0 radical (unpaired) electrons. The zero-order chi connectivity index (χ0) is 13.1. The lowest BCUT2D eigenvalue weighted by Gasteiger charge is -2.04. The Kier molecular flexibility index (Phi) is 3.56. The van der Waals surface area contributed by atoms with Crippen LogP contribution in [0.3, 0.4) is 0 Å². The molecule has 0 saturated heterocycles. The molecule has 8 heteroatoms. The Morgan fingerprint density at radius 1 is 1.56 bits per heavy atom. The predicted molar refractivity (Wildman–Crippen MR) is 67.2 cm³/mol. The van der Waals surface area contributed by atoms with Crippen LogP contribution in [-0.2, 0) is 6.54 Å². The first-order valence-electron chi connectivity index (χ1n) is 5.03. The minimum Gasteiger partial charge on any atom is -0.371 e. The largest absolute Gasteiger partial charge is 0.371 e. The van der Waals surface area contributed by atoms with Crippen molar-refractivity contribution in [3.63, 3.8) is 0 Å². The highest BCUT2D eigenvalue weighted by Crippen LogP contribution is 2.28. The van der Waals surface area contributed by atoms with E-state index in [-0.39, 0.29) is 12.2 Å². The van der Waals surface area contributed by atoms with Crippen molar-refractivity contribution >= 4 is 27.3 Å². The number of rotatable bonds is 4. The number of nitro benzene ring substituents is 1. The van der Waals surface area contributed by atoms with Crippen LogP contribution in [0.15, 0.2) is 27.2 Å². The molecule has 18 heavy (non-hydrogen) atoms. The van der Waals surface area contributed by atoms with Gasteiger partial charge >= 0.3 is 0 Å². The fourth-order valence-corrected chi connectivity index (χ4v) is 1.74. The molecule has 0 saturated carbocycles. The minimum absolute atomic E-state index is 0.0133. The van der Waals surface area contributed by atoms with E-state index in [9.17, 15) is 10.1 Å². The monoisotopic (exact) mass is 312 g/mol. The van der Waals surface area contributed by atoms with E-state index in [1.165, 1.54) is 6.07 Å². The third-order valence-corrected chi connectivity index (χ3v) is 2.65. The van der Waals surface area contributed by atoms with Gasteiger partial charge in [0.2, 0.25) is 5.89 Å². The molecule has 0 aliphatic carbocycles. The van der Waals surface area contributed by atoms with E-state index in [0.29, 0.717) is 21.9 Å². The quantitative estimate of drug-likeness (QED) is 0.689. The van der Waals surface area contributed by atoms with Crippen molar-refractivity contribution in [3.8, 4) is 0 Å². The predicted octanol–water partition coefficient (Wildman–Crippen LogP) is 2.66. The first-order valence-corrected chi connectivity index (χ1v) is 5.82. The van der Waals surface area contributed by atoms with Crippen molar-refractivity contribution in [2.45, 2.75) is 13.5 Å². The Hall–Kier alpha value is -1.96. The van der Waals surface area contributed by atoms with Crippen molar-refractivity contribution in [1.82, 2.24) is 10.1 Å². The van der Waals surface area contributed by atoms with Gasteiger partial charge in [0.25, 0.3) is 5.69 Å². The van der Waals surface area contributed by atoms with Crippen LogP contribution in [0.2, 0.25) is 0 Å². The second kappa shape index (κ2) is 5.13. The molecule has 0 unspecified atom stereocenters. The first-order chi connectivity index (χ1) is 8.56. The van der Waals surface area contributed by atoms with E-state index < -0.39 is 4.92 Å². The Bertz CT molecular complexity index is 584. The minimum atomic E-state index is -0.452. The summed E-state index contributed by atoms with van der Waals surface area (Å²) >= 11 is 3.19. The van der Waals surface area contributed by atoms with Gasteiger partial charge < -0.3 is 9.84 Å². The lowest BCUT2D eigenvalue weighted by molar-refractivity contribution is -0.384. The number of anilines is 1. The van der Waals surface area contributed by atoms with E-state index in [0.717, 1.165) is 0 Å². The van der Waals surface area contributed by atoms with Crippen LogP contribution in [0.25, 0.3) is 0 Å². The van der Waals surface area contributed by atoms with E-state index in [1.54, 1.807) is 19.1 Å². The summed E-state index contributed by atoms with van der Waals surface area (Å²) in [5.41, 5.74) is 0.389. The topological polar surface area (TPSA) is 94.1 Å². The van der Waals surface area contributed by atoms with E-state index in [4.69, 9.17) is 4.52 Å². The third-order valence-electron chi connectivity index (χ3n) is 2.16. The van der Waals surface area contributed by atoms with Crippen LogP contribution < -0.4 is 5.32 Å². The van der Waals surface area contributed by atoms with Gasteiger partial charge in [-0.15, -0.1) is 0 Å². The molecule has 1 aromatic carbocycles. The van der Waals surface area contributed by atoms with Crippen molar-refractivity contribution in [2.75, 3.05) is 5.32 Å². The summed E-state index contributed by atoms with van der Waals surface area (Å²) in [6, 6.07) is 4.77. The van der Waals surface area contributed by atoms with Gasteiger partial charge in [0.05, 0.1) is 11.5 Å². The summed E-state index contributed by atoms with van der Waals surface area (Å²) in [5, 5.41) is 17.4.